The molecule has 0 atom stereocenters. The Balaban J connectivity index is 1.58. The van der Waals surface area contributed by atoms with E-state index in [2.05, 4.69) is 5.32 Å². The van der Waals surface area contributed by atoms with Crippen molar-refractivity contribution < 1.29 is 19.1 Å². The second-order valence-corrected chi connectivity index (χ2v) is 7.42. The smallest absolute Gasteiger partial charge is 0.253 e. The lowest BCUT2D eigenvalue weighted by molar-refractivity contribution is -0.121. The quantitative estimate of drug-likeness (QED) is 0.834. The first-order valence-electron chi connectivity index (χ1n) is 9.82. The summed E-state index contributed by atoms with van der Waals surface area (Å²) in [6, 6.07) is 11.1. The fourth-order valence-electron chi connectivity index (χ4n) is 3.56. The first-order chi connectivity index (χ1) is 13.9. The molecule has 0 radical (unpaired) electrons. The number of amides is 2. The Bertz CT molecular complexity index is 902. The van der Waals surface area contributed by atoms with Crippen molar-refractivity contribution >= 4 is 17.5 Å². The van der Waals surface area contributed by atoms with Crippen LogP contribution in [0.25, 0.3) is 0 Å². The second kappa shape index (κ2) is 8.99. The van der Waals surface area contributed by atoms with Crippen LogP contribution in [-0.2, 0) is 4.79 Å². The zero-order valence-corrected chi connectivity index (χ0v) is 17.5. The Morgan fingerprint density at radius 1 is 0.931 bits per heavy atom. The standard InChI is InChI=1S/C23H28N2O4/c1-15-5-6-18(13-16(15)2)23(27)25-11-9-17(10-12-25)22(26)24-19-7-8-20(28-3)21(14-19)29-4/h5-8,13-14,17H,9-12H2,1-4H3,(H,24,26). The Morgan fingerprint density at radius 3 is 2.24 bits per heavy atom. The first kappa shape index (κ1) is 20.7. The molecule has 1 saturated heterocycles. The molecule has 0 aromatic heterocycles. The highest BCUT2D eigenvalue weighted by Gasteiger charge is 2.28. The maximum absolute atomic E-state index is 12.8. The molecule has 0 saturated carbocycles. The van der Waals surface area contributed by atoms with Crippen molar-refractivity contribution in [2.45, 2.75) is 26.7 Å². The zero-order chi connectivity index (χ0) is 21.0. The van der Waals surface area contributed by atoms with Crippen LogP contribution in [0.4, 0.5) is 5.69 Å². The summed E-state index contributed by atoms with van der Waals surface area (Å²) in [7, 11) is 3.13. The van der Waals surface area contributed by atoms with E-state index in [0.717, 1.165) is 5.56 Å². The molecule has 154 valence electrons. The number of carbonyl (C=O) groups excluding carboxylic acids is 2. The van der Waals surface area contributed by atoms with Crippen molar-refractivity contribution in [1.82, 2.24) is 4.90 Å². The van der Waals surface area contributed by atoms with Gasteiger partial charge in [0.25, 0.3) is 5.91 Å². The van der Waals surface area contributed by atoms with Gasteiger partial charge in [0.2, 0.25) is 5.91 Å². The summed E-state index contributed by atoms with van der Waals surface area (Å²) >= 11 is 0. The van der Waals surface area contributed by atoms with Crippen molar-refractivity contribution in [2.75, 3.05) is 32.6 Å². The molecule has 2 aromatic carbocycles. The number of benzene rings is 2. The predicted molar refractivity (Wildman–Crippen MR) is 113 cm³/mol. The molecule has 29 heavy (non-hydrogen) atoms. The SMILES string of the molecule is COc1ccc(NC(=O)C2CCN(C(=O)c3ccc(C)c(C)c3)CC2)cc1OC. The van der Waals surface area contributed by atoms with Crippen LogP contribution in [0.3, 0.4) is 0 Å². The molecular weight excluding hydrogens is 368 g/mol. The van der Waals surface area contributed by atoms with Gasteiger partial charge in [-0.15, -0.1) is 0 Å². The van der Waals surface area contributed by atoms with Gasteiger partial charge < -0.3 is 19.7 Å². The number of rotatable bonds is 5. The fourth-order valence-corrected chi connectivity index (χ4v) is 3.56. The number of ether oxygens (including phenoxy) is 2. The lowest BCUT2D eigenvalue weighted by Gasteiger charge is -2.31. The lowest BCUT2D eigenvalue weighted by Crippen LogP contribution is -2.41. The first-order valence-corrected chi connectivity index (χ1v) is 9.82. The summed E-state index contributed by atoms with van der Waals surface area (Å²) in [4.78, 5) is 27.3. The Kier molecular flexibility index (Phi) is 6.42. The van der Waals surface area contributed by atoms with Gasteiger partial charge in [-0.25, -0.2) is 0 Å². The van der Waals surface area contributed by atoms with Crippen LogP contribution in [0.1, 0.15) is 34.3 Å². The Morgan fingerprint density at radius 2 is 1.62 bits per heavy atom. The average Bonchev–Trinajstić information content (AvgIpc) is 2.75. The molecule has 1 aliphatic rings. The molecule has 0 aliphatic carbocycles. The largest absolute Gasteiger partial charge is 0.493 e. The molecule has 0 bridgehead atoms. The third-order valence-corrected chi connectivity index (χ3v) is 5.56. The highest BCUT2D eigenvalue weighted by Crippen LogP contribution is 2.30. The van der Waals surface area contributed by atoms with Crippen LogP contribution >= 0.6 is 0 Å². The van der Waals surface area contributed by atoms with E-state index in [-0.39, 0.29) is 17.7 Å². The number of aryl methyl sites for hydroxylation is 2. The summed E-state index contributed by atoms with van der Waals surface area (Å²) in [6.07, 6.45) is 1.30. The van der Waals surface area contributed by atoms with Crippen LogP contribution in [0, 0.1) is 19.8 Å². The van der Waals surface area contributed by atoms with Crippen molar-refractivity contribution in [3.63, 3.8) is 0 Å². The highest BCUT2D eigenvalue weighted by atomic mass is 16.5. The summed E-state index contributed by atoms with van der Waals surface area (Å²) in [5.41, 5.74) is 3.66. The van der Waals surface area contributed by atoms with E-state index in [1.165, 1.54) is 5.56 Å². The van der Waals surface area contributed by atoms with Crippen LogP contribution in [0.15, 0.2) is 36.4 Å². The monoisotopic (exact) mass is 396 g/mol. The van der Waals surface area contributed by atoms with Gasteiger partial charge in [0.1, 0.15) is 0 Å². The topological polar surface area (TPSA) is 67.9 Å². The molecule has 0 spiro atoms. The molecule has 1 aliphatic heterocycles. The number of hydrogen-bond donors (Lipinski definition) is 1. The minimum atomic E-state index is -0.119. The summed E-state index contributed by atoms with van der Waals surface area (Å²) in [6.45, 7) is 5.20. The summed E-state index contributed by atoms with van der Waals surface area (Å²) in [5.74, 6) is 1.07. The number of nitrogens with one attached hydrogen (secondary N) is 1. The van der Waals surface area contributed by atoms with E-state index in [9.17, 15) is 9.59 Å². The molecule has 3 rings (SSSR count). The van der Waals surface area contributed by atoms with Crippen LogP contribution in [0.2, 0.25) is 0 Å². The number of likely N-dealkylation sites (tertiary alicyclic amines) is 1. The minimum absolute atomic E-state index is 0.0319. The van der Waals surface area contributed by atoms with Crippen LogP contribution in [-0.4, -0.2) is 44.0 Å². The van der Waals surface area contributed by atoms with E-state index in [0.29, 0.717) is 48.7 Å². The molecular formula is C23H28N2O4. The van der Waals surface area contributed by atoms with E-state index in [1.807, 2.05) is 36.9 Å². The van der Waals surface area contributed by atoms with Gasteiger partial charge >= 0.3 is 0 Å². The number of hydrogen-bond acceptors (Lipinski definition) is 4. The second-order valence-electron chi connectivity index (χ2n) is 7.42. The average molecular weight is 396 g/mol. The van der Waals surface area contributed by atoms with Crippen molar-refractivity contribution in [3.05, 3.63) is 53.1 Å². The van der Waals surface area contributed by atoms with Gasteiger partial charge in [0, 0.05) is 36.3 Å². The Labute approximate surface area is 171 Å². The lowest BCUT2D eigenvalue weighted by atomic mass is 9.95. The summed E-state index contributed by atoms with van der Waals surface area (Å²) < 4.78 is 10.5. The maximum Gasteiger partial charge on any atom is 0.253 e. The number of carbonyl (C=O) groups is 2. The summed E-state index contributed by atoms with van der Waals surface area (Å²) in [5, 5.41) is 2.95. The molecule has 6 nitrogen and oxygen atoms in total. The van der Waals surface area contributed by atoms with E-state index < -0.39 is 0 Å². The fraction of sp³-hybridized carbons (Fsp3) is 0.391. The number of anilines is 1. The van der Waals surface area contributed by atoms with Crippen LogP contribution in [0.5, 0.6) is 11.5 Å². The third kappa shape index (κ3) is 4.70. The van der Waals surface area contributed by atoms with E-state index in [4.69, 9.17) is 9.47 Å². The molecule has 6 heteroatoms. The van der Waals surface area contributed by atoms with Gasteiger partial charge in [-0.3, -0.25) is 9.59 Å². The third-order valence-electron chi connectivity index (χ3n) is 5.56. The van der Waals surface area contributed by atoms with E-state index >= 15 is 0 Å². The van der Waals surface area contributed by atoms with Crippen molar-refractivity contribution in [2.24, 2.45) is 5.92 Å². The zero-order valence-electron chi connectivity index (χ0n) is 17.5. The molecule has 1 heterocycles. The maximum atomic E-state index is 12.8. The van der Waals surface area contributed by atoms with Crippen molar-refractivity contribution in [3.8, 4) is 11.5 Å². The van der Waals surface area contributed by atoms with Crippen molar-refractivity contribution in [1.29, 1.82) is 0 Å². The number of nitrogens with zero attached hydrogens (tertiary/aromatic N) is 1. The molecule has 2 amide bonds. The highest BCUT2D eigenvalue weighted by molar-refractivity contribution is 5.95. The van der Waals surface area contributed by atoms with Gasteiger partial charge in [0.05, 0.1) is 14.2 Å². The molecule has 0 unspecified atom stereocenters. The molecule has 1 N–H and O–H groups in total. The normalized spacial score (nSPS) is 14.4. The van der Waals surface area contributed by atoms with Crippen LogP contribution < -0.4 is 14.8 Å². The van der Waals surface area contributed by atoms with E-state index in [1.54, 1.807) is 32.4 Å². The molecule has 2 aromatic rings. The number of piperidine rings is 1. The van der Waals surface area contributed by atoms with Gasteiger partial charge in [0.15, 0.2) is 11.5 Å². The van der Waals surface area contributed by atoms with Gasteiger partial charge in [-0.2, -0.15) is 0 Å². The number of methoxy groups -OCH3 is 2. The van der Waals surface area contributed by atoms with Gasteiger partial charge in [-0.1, -0.05) is 6.07 Å². The minimum Gasteiger partial charge on any atom is -0.493 e. The predicted octanol–water partition coefficient (Wildman–Crippen LogP) is 3.81. The Hall–Kier alpha value is -3.02. The van der Waals surface area contributed by atoms with Gasteiger partial charge in [-0.05, 0) is 62.1 Å². The molecule has 1 fully saturated rings.